The molecule has 16 heavy (non-hydrogen) atoms. The topological polar surface area (TPSA) is 12.4 Å². The zero-order valence-corrected chi connectivity index (χ0v) is 8.64. The molecule has 0 radical (unpaired) electrons. The van der Waals surface area contributed by atoms with Gasteiger partial charge in [-0.05, 0) is 28.3 Å². The van der Waals surface area contributed by atoms with Gasteiger partial charge in [-0.1, -0.05) is 36.4 Å². The molecule has 1 heteroatoms. The molecule has 0 fully saturated rings. The highest BCUT2D eigenvalue weighted by Gasteiger charge is 2.08. The number of fused-ring (bicyclic) bond motifs is 2. The van der Waals surface area contributed by atoms with Gasteiger partial charge < -0.3 is 0 Å². The first-order valence-electron chi connectivity index (χ1n) is 5.42. The van der Waals surface area contributed by atoms with Gasteiger partial charge in [0.15, 0.2) is 0 Å². The Morgan fingerprint density at radius 2 is 1.69 bits per heavy atom. The molecule has 0 spiro atoms. The largest absolute Gasteiger partial charge is 0.256 e. The van der Waals surface area contributed by atoms with Crippen LogP contribution in [-0.2, 0) is 0 Å². The molecule has 0 atom stereocenters. The summed E-state index contributed by atoms with van der Waals surface area (Å²) < 4.78 is 0. The van der Waals surface area contributed by atoms with E-state index in [1.54, 1.807) is 0 Å². The maximum atomic E-state index is 4.45. The van der Waals surface area contributed by atoms with Crippen LogP contribution in [0.4, 0.5) is 0 Å². The molecule has 1 aliphatic heterocycles. The standard InChI is InChI=1S/C15H9N/c1-3-10-4-2-6-13-14(10)11(5-1)9-12-7-8-16-15(12)13/h1-9H. The lowest BCUT2D eigenvalue weighted by atomic mass is 9.98. The molecule has 1 heterocycles. The van der Waals surface area contributed by atoms with E-state index in [0.29, 0.717) is 0 Å². The summed E-state index contributed by atoms with van der Waals surface area (Å²) in [5.41, 5.74) is 1.23. The molecule has 3 aromatic rings. The van der Waals surface area contributed by atoms with Gasteiger partial charge in [0.05, 0.1) is 5.36 Å². The predicted octanol–water partition coefficient (Wildman–Crippen LogP) is 3.32. The van der Waals surface area contributed by atoms with Gasteiger partial charge in [0.2, 0.25) is 0 Å². The number of hydrogen-bond acceptors (Lipinski definition) is 1. The molecule has 0 saturated heterocycles. The first-order chi connectivity index (χ1) is 7.93. The van der Waals surface area contributed by atoms with Crippen LogP contribution in [0.2, 0.25) is 0 Å². The third kappa shape index (κ3) is 0.878. The summed E-state index contributed by atoms with van der Waals surface area (Å²) >= 11 is 0. The van der Waals surface area contributed by atoms with Crippen molar-refractivity contribution in [1.29, 1.82) is 0 Å². The molecule has 0 N–H and O–H groups in total. The fourth-order valence-electron chi connectivity index (χ4n) is 2.54. The maximum absolute atomic E-state index is 4.45. The van der Waals surface area contributed by atoms with E-state index in [0.717, 1.165) is 5.36 Å². The second-order valence-electron chi connectivity index (χ2n) is 4.14. The van der Waals surface area contributed by atoms with Crippen LogP contribution in [0, 0.1) is 0 Å². The molecule has 1 nitrogen and oxygen atoms in total. The Labute approximate surface area is 92.7 Å². The van der Waals surface area contributed by atoms with Gasteiger partial charge in [0.1, 0.15) is 0 Å². The zero-order chi connectivity index (χ0) is 10.5. The molecule has 0 aliphatic carbocycles. The van der Waals surface area contributed by atoms with Gasteiger partial charge in [-0.25, -0.2) is 0 Å². The lowest BCUT2D eigenvalue weighted by molar-refractivity contribution is 1.43. The Balaban J connectivity index is 2.44. The Morgan fingerprint density at radius 1 is 0.875 bits per heavy atom. The van der Waals surface area contributed by atoms with Gasteiger partial charge in [-0.15, -0.1) is 0 Å². The lowest BCUT2D eigenvalue weighted by Gasteiger charge is -2.06. The highest BCUT2D eigenvalue weighted by Crippen LogP contribution is 2.26. The van der Waals surface area contributed by atoms with Crippen molar-refractivity contribution < 1.29 is 0 Å². The van der Waals surface area contributed by atoms with E-state index in [-0.39, 0.29) is 0 Å². The number of benzene rings is 3. The minimum atomic E-state index is 1.12. The molecule has 4 rings (SSSR count). The fourth-order valence-corrected chi connectivity index (χ4v) is 2.54. The molecular formula is C15H9N. The summed E-state index contributed by atoms with van der Waals surface area (Å²) in [4.78, 5) is 4.45. The predicted molar refractivity (Wildman–Crippen MR) is 67.2 cm³/mol. The Morgan fingerprint density at radius 3 is 2.62 bits per heavy atom. The monoisotopic (exact) mass is 203 g/mol. The Bertz CT molecular complexity index is 792. The molecule has 3 aromatic carbocycles. The van der Waals surface area contributed by atoms with Gasteiger partial charge in [0, 0.05) is 17.1 Å². The van der Waals surface area contributed by atoms with Crippen LogP contribution in [0.15, 0.2) is 53.7 Å². The second-order valence-corrected chi connectivity index (χ2v) is 4.14. The molecule has 0 unspecified atom stereocenters. The Hall–Kier alpha value is -2.15. The summed E-state index contributed by atoms with van der Waals surface area (Å²) in [7, 11) is 0. The van der Waals surface area contributed by atoms with Crippen LogP contribution in [0.5, 0.6) is 0 Å². The summed E-state index contributed by atoms with van der Waals surface area (Å²) in [6, 6.07) is 15.1. The molecule has 0 amide bonds. The maximum Gasteiger partial charge on any atom is 0.0781 e. The van der Waals surface area contributed by atoms with Crippen LogP contribution < -0.4 is 5.36 Å². The second kappa shape index (κ2) is 2.70. The van der Waals surface area contributed by atoms with Crippen molar-refractivity contribution >= 4 is 27.6 Å². The van der Waals surface area contributed by atoms with Gasteiger partial charge in [-0.2, -0.15) is 0 Å². The van der Waals surface area contributed by atoms with Gasteiger partial charge in [0.25, 0.3) is 0 Å². The molecule has 74 valence electrons. The van der Waals surface area contributed by atoms with Crippen LogP contribution in [0.25, 0.3) is 27.6 Å². The first-order valence-corrected chi connectivity index (χ1v) is 5.42. The van der Waals surface area contributed by atoms with Gasteiger partial charge in [-0.3, -0.25) is 4.99 Å². The van der Waals surface area contributed by atoms with Crippen LogP contribution in [0.1, 0.15) is 5.56 Å². The van der Waals surface area contributed by atoms with Crippen molar-refractivity contribution in [2.24, 2.45) is 4.99 Å². The highest BCUT2D eigenvalue weighted by atomic mass is 14.7. The number of rotatable bonds is 0. The normalized spacial score (nSPS) is 13.2. The zero-order valence-electron chi connectivity index (χ0n) is 8.64. The van der Waals surface area contributed by atoms with Crippen molar-refractivity contribution in [3.63, 3.8) is 0 Å². The van der Waals surface area contributed by atoms with Crippen molar-refractivity contribution in [3.05, 3.63) is 59.6 Å². The Kier molecular flexibility index (Phi) is 1.36. The number of nitrogens with zero attached hydrogens (tertiary/aromatic N) is 1. The van der Waals surface area contributed by atoms with E-state index >= 15 is 0 Å². The minimum Gasteiger partial charge on any atom is -0.256 e. The van der Waals surface area contributed by atoms with E-state index in [2.05, 4.69) is 53.5 Å². The summed E-state index contributed by atoms with van der Waals surface area (Å²) in [6.45, 7) is 0. The van der Waals surface area contributed by atoms with Crippen molar-refractivity contribution in [2.75, 3.05) is 0 Å². The fraction of sp³-hybridized carbons (Fsp3) is 0. The summed E-state index contributed by atoms with van der Waals surface area (Å²) in [5, 5.41) is 6.30. The molecule has 0 saturated carbocycles. The SMILES string of the molecule is C1=Cc2cc3cccc4cccc(c2=N1)c43. The van der Waals surface area contributed by atoms with Crippen LogP contribution in [0.3, 0.4) is 0 Å². The van der Waals surface area contributed by atoms with Crippen LogP contribution in [-0.4, -0.2) is 0 Å². The third-order valence-electron chi connectivity index (χ3n) is 3.23. The highest BCUT2D eigenvalue weighted by molar-refractivity contribution is 6.10. The first kappa shape index (κ1) is 8.05. The van der Waals surface area contributed by atoms with Gasteiger partial charge >= 0.3 is 0 Å². The molecule has 0 aromatic heterocycles. The number of hydrogen-bond donors (Lipinski definition) is 0. The minimum absolute atomic E-state index is 1.12. The summed E-state index contributed by atoms with van der Waals surface area (Å²) in [6.07, 6.45) is 3.95. The van der Waals surface area contributed by atoms with Crippen molar-refractivity contribution in [2.45, 2.75) is 0 Å². The quantitative estimate of drug-likeness (QED) is 0.531. The molecule has 0 bridgehead atoms. The lowest BCUT2D eigenvalue weighted by Crippen LogP contribution is -2.04. The van der Waals surface area contributed by atoms with E-state index in [1.165, 1.54) is 27.1 Å². The van der Waals surface area contributed by atoms with E-state index in [1.807, 2.05) is 6.20 Å². The molecular weight excluding hydrogens is 194 g/mol. The van der Waals surface area contributed by atoms with E-state index < -0.39 is 0 Å². The average molecular weight is 203 g/mol. The molecule has 1 aliphatic rings. The smallest absolute Gasteiger partial charge is 0.0781 e. The third-order valence-corrected chi connectivity index (χ3v) is 3.23. The summed E-state index contributed by atoms with van der Waals surface area (Å²) in [5.74, 6) is 0. The van der Waals surface area contributed by atoms with Crippen LogP contribution >= 0.6 is 0 Å². The van der Waals surface area contributed by atoms with E-state index in [4.69, 9.17) is 0 Å². The van der Waals surface area contributed by atoms with Crippen molar-refractivity contribution in [3.8, 4) is 0 Å². The average Bonchev–Trinajstić information content (AvgIpc) is 2.78. The van der Waals surface area contributed by atoms with Crippen molar-refractivity contribution in [1.82, 2.24) is 0 Å². The van der Waals surface area contributed by atoms with E-state index in [9.17, 15) is 0 Å².